The van der Waals surface area contributed by atoms with Gasteiger partial charge >= 0.3 is 0 Å². The Morgan fingerprint density at radius 3 is 1.68 bits per heavy atom. The zero-order valence-corrected chi connectivity index (χ0v) is 42.4. The smallest absolute Gasteiger partial charge is 0.0991 e. The molecule has 1 atom stereocenters. The summed E-state index contributed by atoms with van der Waals surface area (Å²) in [5.41, 5.74) is 21.9. The molecule has 10 rings (SSSR count). The van der Waals surface area contributed by atoms with Crippen molar-refractivity contribution in [1.29, 1.82) is 10.5 Å². The first-order valence-corrected chi connectivity index (χ1v) is 25.0. The molecule has 8 aromatic carbocycles. The van der Waals surface area contributed by atoms with Gasteiger partial charge in [0, 0.05) is 0 Å². The Balaban J connectivity index is 0.000000163. The molecule has 0 aromatic heterocycles. The van der Waals surface area contributed by atoms with E-state index < -0.39 is 0 Å². The zero-order chi connectivity index (χ0) is 50.0. The largest absolute Gasteiger partial charge is 0.192 e. The minimum absolute atomic E-state index is 0.630. The lowest BCUT2D eigenvalue weighted by atomic mass is 9.80. The fraction of sp³-hybridized carbons (Fsp3) is 0.188. The molecule has 0 heterocycles. The molecule has 0 saturated carbocycles. The molecule has 2 aliphatic carbocycles. The third kappa shape index (κ3) is 14.5. The van der Waals surface area contributed by atoms with Gasteiger partial charge in [-0.3, -0.25) is 0 Å². The van der Waals surface area contributed by atoms with Gasteiger partial charge in [0.2, 0.25) is 0 Å². The second-order valence-corrected chi connectivity index (χ2v) is 19.0. The third-order valence-electron chi connectivity index (χ3n) is 13.5. The Morgan fingerprint density at radius 2 is 1.04 bits per heavy atom. The van der Waals surface area contributed by atoms with E-state index >= 15 is 0 Å². The molecule has 2 aliphatic rings. The van der Waals surface area contributed by atoms with Crippen LogP contribution in [0, 0.1) is 70.1 Å². The number of aryl methyl sites for hydroxylation is 6. The van der Waals surface area contributed by atoms with Crippen molar-refractivity contribution in [3.63, 3.8) is 0 Å². The van der Waals surface area contributed by atoms with E-state index in [9.17, 15) is 0 Å². The quantitative estimate of drug-likeness (QED) is 0.152. The van der Waals surface area contributed by atoms with Crippen molar-refractivity contribution in [2.45, 2.75) is 80.1 Å². The van der Waals surface area contributed by atoms with Gasteiger partial charge in [0.15, 0.2) is 0 Å². The fourth-order valence-electron chi connectivity index (χ4n) is 9.39. The first kappa shape index (κ1) is 50.8. The van der Waals surface area contributed by atoms with Crippen molar-refractivity contribution in [2.75, 3.05) is 0 Å². The van der Waals surface area contributed by atoms with Crippen molar-refractivity contribution in [3.05, 3.63) is 290 Å². The highest BCUT2D eigenvalue weighted by molar-refractivity contribution is 5.89. The minimum Gasteiger partial charge on any atom is -0.192 e. The van der Waals surface area contributed by atoms with Gasteiger partial charge in [-0.25, -0.2) is 0 Å². The Labute approximate surface area is 424 Å². The van der Waals surface area contributed by atoms with Gasteiger partial charge in [-0.15, -0.1) is 0 Å². The Bertz CT molecular complexity index is 3260. The lowest BCUT2D eigenvalue weighted by Gasteiger charge is -2.25. The van der Waals surface area contributed by atoms with Gasteiger partial charge < -0.3 is 0 Å². The summed E-state index contributed by atoms with van der Waals surface area (Å²) in [4.78, 5) is 0. The maximum atomic E-state index is 8.89. The van der Waals surface area contributed by atoms with Gasteiger partial charge in [-0.05, 0) is 182 Å². The van der Waals surface area contributed by atoms with Gasteiger partial charge in [0.1, 0.15) is 0 Å². The highest BCUT2D eigenvalue weighted by atomic mass is 14.3. The zero-order valence-electron chi connectivity index (χ0n) is 42.4. The van der Waals surface area contributed by atoms with Gasteiger partial charge in [-0.1, -0.05) is 210 Å². The first-order chi connectivity index (χ1) is 34.6. The van der Waals surface area contributed by atoms with Gasteiger partial charge in [0.25, 0.3) is 0 Å². The molecule has 1 unspecified atom stereocenters. The van der Waals surface area contributed by atoms with Crippen LogP contribution in [0.5, 0.6) is 0 Å². The topological polar surface area (TPSA) is 47.6 Å². The Kier molecular flexibility index (Phi) is 18.3. The van der Waals surface area contributed by atoms with Crippen LogP contribution in [-0.2, 0) is 12.8 Å². The summed E-state index contributed by atoms with van der Waals surface area (Å²) in [6, 6.07) is 67.4. The maximum Gasteiger partial charge on any atom is 0.0991 e. The number of rotatable bonds is 8. The molecule has 8 aromatic rings. The van der Waals surface area contributed by atoms with E-state index in [0.29, 0.717) is 11.5 Å². The maximum absolute atomic E-state index is 8.89. The molecule has 0 bridgehead atoms. The normalized spacial score (nSPS) is 13.5. The molecule has 2 nitrogen and oxygen atoms in total. The number of nitriles is 2. The Hall–Kier alpha value is -8.04. The SMILES string of the molecule is Cc1ccc(C#N)cc1.Cc1ccccc1.Cc1ccccc1-c1cc(Cc2ccc(C#N)cc2)ccc1C.Cc1ccccc1C1=C(CC2C=CC=CC2)CCC(Cc2cccc3c(C)cccc23)=C1. The second kappa shape index (κ2) is 25.5. The second-order valence-electron chi connectivity index (χ2n) is 19.0. The lowest BCUT2D eigenvalue weighted by Crippen LogP contribution is -2.07. The van der Waals surface area contributed by atoms with Crippen LogP contribution < -0.4 is 0 Å². The summed E-state index contributed by atoms with van der Waals surface area (Å²) in [7, 11) is 0. The number of hydrogen-bond donors (Lipinski definition) is 0. The molecular formula is C69H66N2. The number of allylic oxidation sites excluding steroid dienone is 8. The lowest BCUT2D eigenvalue weighted by molar-refractivity contribution is 0.628. The van der Waals surface area contributed by atoms with Crippen LogP contribution >= 0.6 is 0 Å². The summed E-state index contributed by atoms with van der Waals surface area (Å²) in [5.74, 6) is 0.630. The molecule has 71 heavy (non-hydrogen) atoms. The Morgan fingerprint density at radius 1 is 0.465 bits per heavy atom. The number of benzene rings is 8. The molecule has 0 amide bonds. The molecule has 352 valence electrons. The van der Waals surface area contributed by atoms with Crippen LogP contribution in [0.15, 0.2) is 224 Å². The standard InChI is InChI=1S/C32H32.C22H19N.C8H7N.C7H8/c1-23-10-6-7-15-30(23)32-22-26(18-19-28(32)20-25-12-4-3-5-13-25)21-27-14-9-16-29-24(2)11-8-17-31(27)29;1-16-5-3-4-6-21(16)22-14-20(8-7-17(22)2)13-18-9-11-19(15-23)12-10-18;1-7-2-4-8(6-9)5-3-7;1-7-5-3-2-4-6-7/h3-12,14-17,22,25H,13,18-21H2,1-2H3;3-12,14H,13H2,1-2H3;2-5H,1H3;2-6H,1H3. The van der Waals surface area contributed by atoms with Crippen molar-refractivity contribution in [2.24, 2.45) is 5.92 Å². The van der Waals surface area contributed by atoms with E-state index in [4.69, 9.17) is 10.5 Å². The summed E-state index contributed by atoms with van der Waals surface area (Å²) in [6.07, 6.45) is 18.2. The van der Waals surface area contributed by atoms with E-state index in [0.717, 1.165) is 24.8 Å². The monoisotopic (exact) mass is 923 g/mol. The summed E-state index contributed by atoms with van der Waals surface area (Å²) in [6.45, 7) is 12.9. The summed E-state index contributed by atoms with van der Waals surface area (Å²) >= 11 is 0. The van der Waals surface area contributed by atoms with E-state index in [1.54, 1.807) is 11.1 Å². The summed E-state index contributed by atoms with van der Waals surface area (Å²) < 4.78 is 0. The van der Waals surface area contributed by atoms with Crippen molar-refractivity contribution in [1.82, 2.24) is 0 Å². The van der Waals surface area contributed by atoms with Crippen LogP contribution in [0.1, 0.15) is 92.4 Å². The predicted molar refractivity (Wildman–Crippen MR) is 301 cm³/mol. The highest BCUT2D eigenvalue weighted by Crippen LogP contribution is 2.38. The molecule has 0 radical (unpaired) electrons. The summed E-state index contributed by atoms with van der Waals surface area (Å²) in [5, 5.41) is 20.1. The molecule has 2 heteroatoms. The molecule has 0 saturated heterocycles. The predicted octanol–water partition coefficient (Wildman–Crippen LogP) is 18.0. The van der Waals surface area contributed by atoms with Crippen LogP contribution in [0.3, 0.4) is 0 Å². The molecule has 0 N–H and O–H groups in total. The number of nitrogens with zero attached hydrogens (tertiary/aromatic N) is 2. The average Bonchev–Trinajstić information content (AvgIpc) is 3.40. The number of hydrogen-bond acceptors (Lipinski definition) is 2. The van der Waals surface area contributed by atoms with E-state index in [1.807, 2.05) is 73.7 Å². The van der Waals surface area contributed by atoms with Crippen LogP contribution in [0.4, 0.5) is 0 Å². The van der Waals surface area contributed by atoms with Crippen molar-refractivity contribution < 1.29 is 0 Å². The average molecular weight is 923 g/mol. The van der Waals surface area contributed by atoms with E-state index in [-0.39, 0.29) is 0 Å². The van der Waals surface area contributed by atoms with Crippen LogP contribution in [0.25, 0.3) is 27.5 Å². The highest BCUT2D eigenvalue weighted by Gasteiger charge is 2.20. The van der Waals surface area contributed by atoms with Gasteiger partial charge in [-0.2, -0.15) is 10.5 Å². The fourth-order valence-corrected chi connectivity index (χ4v) is 9.39. The molecule has 0 aliphatic heterocycles. The number of fused-ring (bicyclic) bond motifs is 1. The minimum atomic E-state index is 0.630. The molecular weight excluding hydrogens is 857 g/mol. The first-order valence-electron chi connectivity index (χ1n) is 25.0. The molecule has 0 fully saturated rings. The van der Waals surface area contributed by atoms with Crippen molar-refractivity contribution in [3.8, 4) is 23.3 Å². The van der Waals surface area contributed by atoms with Crippen molar-refractivity contribution >= 4 is 16.3 Å². The van der Waals surface area contributed by atoms with E-state index in [1.165, 1.54) is 102 Å². The van der Waals surface area contributed by atoms with Gasteiger partial charge in [0.05, 0.1) is 23.3 Å². The molecule has 0 spiro atoms. The van der Waals surface area contributed by atoms with E-state index in [2.05, 4.69) is 192 Å². The van der Waals surface area contributed by atoms with Crippen LogP contribution in [0.2, 0.25) is 0 Å². The third-order valence-corrected chi connectivity index (χ3v) is 13.5. The van der Waals surface area contributed by atoms with Crippen LogP contribution in [-0.4, -0.2) is 0 Å².